The zero-order chi connectivity index (χ0) is 19.6. The van der Waals surface area contributed by atoms with E-state index in [9.17, 15) is 14.4 Å². The smallest absolute Gasteiger partial charge is 0.343 e. The van der Waals surface area contributed by atoms with Crippen LogP contribution in [-0.4, -0.2) is 37.7 Å². The number of esters is 2. The lowest BCUT2D eigenvalue weighted by Crippen LogP contribution is -2.28. The number of carbonyl (C=O) groups is 2. The van der Waals surface area contributed by atoms with Crippen molar-refractivity contribution in [3.8, 4) is 17.2 Å². The zero-order valence-corrected chi connectivity index (χ0v) is 15.2. The van der Waals surface area contributed by atoms with Crippen LogP contribution in [0.2, 0.25) is 0 Å². The molecular formula is C19H19NO7. The van der Waals surface area contributed by atoms with Crippen LogP contribution in [0.1, 0.15) is 29.2 Å². The van der Waals surface area contributed by atoms with E-state index in [2.05, 4.69) is 9.72 Å². The third kappa shape index (κ3) is 3.79. The summed E-state index contributed by atoms with van der Waals surface area (Å²) in [5, 5.41) is 0. The van der Waals surface area contributed by atoms with E-state index in [-0.39, 0.29) is 24.3 Å². The normalized spacial score (nSPS) is 15.5. The maximum Gasteiger partial charge on any atom is 0.343 e. The van der Waals surface area contributed by atoms with Gasteiger partial charge in [0.15, 0.2) is 18.1 Å². The first-order chi connectivity index (χ1) is 12.9. The predicted molar refractivity (Wildman–Crippen MR) is 94.4 cm³/mol. The van der Waals surface area contributed by atoms with Gasteiger partial charge in [0.2, 0.25) is 0 Å². The number of ether oxygens (including phenoxy) is 4. The van der Waals surface area contributed by atoms with E-state index in [1.807, 2.05) is 0 Å². The van der Waals surface area contributed by atoms with Gasteiger partial charge in [-0.2, -0.15) is 0 Å². The quantitative estimate of drug-likeness (QED) is 0.795. The summed E-state index contributed by atoms with van der Waals surface area (Å²) in [6.07, 6.45) is 0.0158. The number of hydrogen-bond acceptors (Lipinski definition) is 7. The number of hydrogen-bond donors (Lipinski definition) is 1. The molecule has 0 saturated carbocycles. The topological polar surface area (TPSA) is 104 Å². The van der Waals surface area contributed by atoms with Gasteiger partial charge in [-0.15, -0.1) is 0 Å². The van der Waals surface area contributed by atoms with Crippen LogP contribution < -0.4 is 19.8 Å². The molecule has 0 saturated heterocycles. The van der Waals surface area contributed by atoms with Crippen LogP contribution in [0.4, 0.5) is 0 Å². The molecule has 142 valence electrons. The van der Waals surface area contributed by atoms with Crippen LogP contribution in [0.15, 0.2) is 29.1 Å². The monoisotopic (exact) mass is 373 g/mol. The summed E-state index contributed by atoms with van der Waals surface area (Å²) in [7, 11) is 2.74. The van der Waals surface area contributed by atoms with Crippen LogP contribution in [0.5, 0.6) is 17.2 Å². The number of benzene rings is 1. The summed E-state index contributed by atoms with van der Waals surface area (Å²) in [6, 6.07) is 6.67. The van der Waals surface area contributed by atoms with Gasteiger partial charge in [-0.05, 0) is 24.6 Å². The number of fused-ring (bicyclic) bond motifs is 1. The highest BCUT2D eigenvalue weighted by molar-refractivity contribution is 5.77. The zero-order valence-electron chi connectivity index (χ0n) is 15.2. The van der Waals surface area contributed by atoms with Gasteiger partial charge in [0.1, 0.15) is 5.75 Å². The lowest BCUT2D eigenvalue weighted by atomic mass is 9.87. The highest BCUT2D eigenvalue weighted by Crippen LogP contribution is 2.39. The largest absolute Gasteiger partial charge is 0.493 e. The van der Waals surface area contributed by atoms with Gasteiger partial charge in [-0.3, -0.25) is 9.59 Å². The van der Waals surface area contributed by atoms with E-state index in [1.54, 1.807) is 31.2 Å². The first kappa shape index (κ1) is 18.5. The fraction of sp³-hybridized carbons (Fsp3) is 0.316. The summed E-state index contributed by atoms with van der Waals surface area (Å²) in [4.78, 5) is 38.6. The lowest BCUT2D eigenvalue weighted by molar-refractivity contribution is -0.143. The Bertz CT molecular complexity index is 948. The lowest BCUT2D eigenvalue weighted by Gasteiger charge is -2.24. The third-order valence-electron chi connectivity index (χ3n) is 4.27. The Kier molecular flexibility index (Phi) is 5.16. The number of nitrogens with one attached hydrogen (secondary N) is 1. The van der Waals surface area contributed by atoms with Crippen molar-refractivity contribution in [2.75, 3.05) is 20.8 Å². The van der Waals surface area contributed by atoms with E-state index in [0.717, 1.165) is 0 Å². The fourth-order valence-corrected chi connectivity index (χ4v) is 3.02. The molecule has 0 radical (unpaired) electrons. The first-order valence-electron chi connectivity index (χ1n) is 8.25. The molecule has 2 aromatic rings. The summed E-state index contributed by atoms with van der Waals surface area (Å²) < 4.78 is 20.5. The van der Waals surface area contributed by atoms with Crippen molar-refractivity contribution in [2.45, 2.75) is 19.3 Å². The Labute approximate surface area is 155 Å². The molecule has 1 atom stereocenters. The Morgan fingerprint density at radius 2 is 2.00 bits per heavy atom. The van der Waals surface area contributed by atoms with Crippen molar-refractivity contribution >= 4 is 11.9 Å². The van der Waals surface area contributed by atoms with E-state index in [0.29, 0.717) is 28.3 Å². The number of aromatic nitrogens is 1. The summed E-state index contributed by atoms with van der Waals surface area (Å²) in [6.45, 7) is 1.42. The van der Waals surface area contributed by atoms with Crippen LogP contribution in [0.25, 0.3) is 0 Å². The van der Waals surface area contributed by atoms with Crippen LogP contribution in [-0.2, 0) is 14.3 Å². The summed E-state index contributed by atoms with van der Waals surface area (Å²) in [5.74, 6) is -0.489. The molecule has 1 aliphatic heterocycles. The predicted octanol–water partition coefficient (Wildman–Crippen LogP) is 1.68. The highest BCUT2D eigenvalue weighted by atomic mass is 16.6. The molecule has 0 aliphatic carbocycles. The molecule has 0 unspecified atom stereocenters. The number of methoxy groups -OCH3 is 2. The van der Waals surface area contributed by atoms with Crippen LogP contribution in [0.3, 0.4) is 0 Å². The molecule has 1 aromatic carbocycles. The number of rotatable bonds is 5. The average molecular weight is 373 g/mol. The first-order valence-corrected chi connectivity index (χ1v) is 8.25. The molecule has 2 heterocycles. The van der Waals surface area contributed by atoms with Crippen molar-refractivity contribution in [1.82, 2.24) is 4.98 Å². The van der Waals surface area contributed by atoms with Crippen molar-refractivity contribution < 1.29 is 28.5 Å². The molecular weight excluding hydrogens is 354 g/mol. The Balaban J connectivity index is 2.03. The van der Waals surface area contributed by atoms with Gasteiger partial charge in [-0.1, -0.05) is 6.07 Å². The number of carbonyl (C=O) groups excluding carboxylic acids is 2. The molecule has 3 rings (SSSR count). The molecule has 8 heteroatoms. The Morgan fingerprint density at radius 1 is 1.22 bits per heavy atom. The van der Waals surface area contributed by atoms with E-state index in [4.69, 9.17) is 14.2 Å². The molecule has 0 spiro atoms. The van der Waals surface area contributed by atoms with Gasteiger partial charge >= 0.3 is 11.9 Å². The molecule has 8 nitrogen and oxygen atoms in total. The van der Waals surface area contributed by atoms with Gasteiger partial charge in [0, 0.05) is 17.7 Å². The maximum absolute atomic E-state index is 12.5. The van der Waals surface area contributed by atoms with E-state index < -0.39 is 17.9 Å². The molecule has 27 heavy (non-hydrogen) atoms. The number of aromatic amines is 1. The second-order valence-electron chi connectivity index (χ2n) is 6.07. The minimum Gasteiger partial charge on any atom is -0.493 e. The summed E-state index contributed by atoms with van der Waals surface area (Å²) in [5.41, 5.74) is 1.34. The second-order valence-corrected chi connectivity index (χ2v) is 6.07. The van der Waals surface area contributed by atoms with Crippen LogP contribution in [0, 0.1) is 6.92 Å². The van der Waals surface area contributed by atoms with E-state index >= 15 is 0 Å². The van der Waals surface area contributed by atoms with Crippen molar-refractivity contribution in [3.63, 3.8) is 0 Å². The van der Waals surface area contributed by atoms with Gasteiger partial charge in [0.05, 0.1) is 26.2 Å². The minimum absolute atomic E-state index is 0.0158. The maximum atomic E-state index is 12.5. The SMILES string of the molecule is COC(=O)COc1cc([C@@H]2CC(=O)Oc3cc(C)[nH]c(=O)c32)ccc1OC. The van der Waals surface area contributed by atoms with Gasteiger partial charge in [0.25, 0.3) is 5.56 Å². The minimum atomic E-state index is -0.541. The van der Waals surface area contributed by atoms with Crippen molar-refractivity contribution in [3.05, 3.63) is 51.4 Å². The number of aryl methyl sites for hydroxylation is 1. The second kappa shape index (κ2) is 7.53. The van der Waals surface area contributed by atoms with Gasteiger partial charge in [-0.25, -0.2) is 4.79 Å². The highest BCUT2D eigenvalue weighted by Gasteiger charge is 2.32. The van der Waals surface area contributed by atoms with Gasteiger partial charge < -0.3 is 23.9 Å². The summed E-state index contributed by atoms with van der Waals surface area (Å²) >= 11 is 0. The number of H-pyrrole nitrogens is 1. The average Bonchev–Trinajstić information content (AvgIpc) is 2.64. The molecule has 1 aliphatic rings. The van der Waals surface area contributed by atoms with Crippen molar-refractivity contribution in [1.29, 1.82) is 0 Å². The molecule has 1 aromatic heterocycles. The molecule has 0 fully saturated rings. The third-order valence-corrected chi connectivity index (χ3v) is 4.27. The molecule has 0 amide bonds. The Morgan fingerprint density at radius 3 is 2.70 bits per heavy atom. The Hall–Kier alpha value is -3.29. The fourth-order valence-electron chi connectivity index (χ4n) is 3.02. The number of pyridine rings is 1. The van der Waals surface area contributed by atoms with E-state index in [1.165, 1.54) is 14.2 Å². The molecule has 0 bridgehead atoms. The van der Waals surface area contributed by atoms with Crippen LogP contribution >= 0.6 is 0 Å². The van der Waals surface area contributed by atoms with Crippen molar-refractivity contribution in [2.24, 2.45) is 0 Å². The standard InChI is InChI=1S/C19H19NO7/c1-10-6-15-18(19(23)20-10)12(8-16(21)27-15)11-4-5-13(24-2)14(7-11)26-9-17(22)25-3/h4-7,12H,8-9H2,1-3H3,(H,20,23)/t12-/m0/s1. The molecule has 1 N–H and O–H groups in total.